The van der Waals surface area contributed by atoms with Crippen LogP contribution in [0.1, 0.15) is 37.0 Å². The van der Waals surface area contributed by atoms with E-state index in [9.17, 15) is 14.4 Å². The van der Waals surface area contributed by atoms with Gasteiger partial charge in [-0.25, -0.2) is 0 Å². The molecule has 0 radical (unpaired) electrons. The number of hydrogen-bond acceptors (Lipinski definition) is 4. The molecule has 0 spiro atoms. The van der Waals surface area contributed by atoms with Crippen LogP contribution in [0.3, 0.4) is 0 Å². The molecule has 1 aromatic carbocycles. The summed E-state index contributed by atoms with van der Waals surface area (Å²) in [4.78, 5) is 36.6. The van der Waals surface area contributed by atoms with Crippen LogP contribution in [0.5, 0.6) is 5.75 Å². The average Bonchev–Trinajstić information content (AvgIpc) is 2.51. The average molecular weight is 304 g/mol. The van der Waals surface area contributed by atoms with Gasteiger partial charge >= 0.3 is 0 Å². The summed E-state index contributed by atoms with van der Waals surface area (Å²) in [5.41, 5.74) is 0.888. The summed E-state index contributed by atoms with van der Waals surface area (Å²) < 4.78 is 5.52. The molecular weight excluding hydrogens is 284 g/mol. The predicted octanol–water partition coefficient (Wildman–Crippen LogP) is 1.53. The molecule has 6 heteroatoms. The van der Waals surface area contributed by atoms with Crippen LogP contribution in [-0.4, -0.2) is 37.3 Å². The smallest absolute Gasteiger partial charge is 0.268 e. The lowest BCUT2D eigenvalue weighted by molar-refractivity contribution is -0.128. The van der Waals surface area contributed by atoms with E-state index in [0.717, 1.165) is 12.8 Å². The topological polar surface area (TPSA) is 75.7 Å². The van der Waals surface area contributed by atoms with Crippen LogP contribution in [-0.2, 0) is 9.59 Å². The molecule has 1 aliphatic heterocycles. The summed E-state index contributed by atoms with van der Waals surface area (Å²) in [5.74, 6) is -0.0152. The van der Waals surface area contributed by atoms with Crippen molar-refractivity contribution in [2.45, 2.75) is 32.8 Å². The summed E-state index contributed by atoms with van der Waals surface area (Å²) in [5, 5.41) is 2.78. The minimum atomic E-state index is -0.655. The Kier molecular flexibility index (Phi) is 5.14. The zero-order valence-electron chi connectivity index (χ0n) is 12.8. The van der Waals surface area contributed by atoms with Gasteiger partial charge in [-0.3, -0.25) is 19.3 Å². The molecule has 0 bridgehead atoms. The first-order valence-corrected chi connectivity index (χ1v) is 7.40. The first-order valence-electron chi connectivity index (χ1n) is 7.40. The summed E-state index contributed by atoms with van der Waals surface area (Å²) >= 11 is 0. The van der Waals surface area contributed by atoms with E-state index in [0.29, 0.717) is 29.8 Å². The molecule has 1 unspecified atom stereocenters. The largest absolute Gasteiger partial charge is 0.479 e. The van der Waals surface area contributed by atoms with Gasteiger partial charge in [0.25, 0.3) is 5.91 Å². The molecule has 0 saturated heterocycles. The minimum absolute atomic E-state index is 0.0778. The number of anilines is 1. The maximum atomic E-state index is 12.3. The zero-order valence-corrected chi connectivity index (χ0v) is 12.8. The molecule has 0 aliphatic carbocycles. The van der Waals surface area contributed by atoms with Crippen molar-refractivity contribution in [3.05, 3.63) is 23.8 Å². The Balaban J connectivity index is 2.20. The van der Waals surface area contributed by atoms with E-state index >= 15 is 0 Å². The molecule has 0 saturated carbocycles. The van der Waals surface area contributed by atoms with Gasteiger partial charge in [0.2, 0.25) is 5.91 Å². The lowest BCUT2D eigenvalue weighted by Gasteiger charge is -2.32. The Hall–Kier alpha value is -2.37. The van der Waals surface area contributed by atoms with E-state index in [1.165, 1.54) is 4.90 Å². The van der Waals surface area contributed by atoms with Crippen LogP contribution in [0.15, 0.2) is 18.2 Å². The van der Waals surface area contributed by atoms with Gasteiger partial charge in [-0.05, 0) is 31.5 Å². The monoisotopic (exact) mass is 304 g/mol. The number of rotatable bonds is 6. The third kappa shape index (κ3) is 3.44. The zero-order chi connectivity index (χ0) is 16.1. The van der Waals surface area contributed by atoms with E-state index in [4.69, 9.17) is 4.74 Å². The quantitative estimate of drug-likeness (QED) is 0.639. The molecule has 22 heavy (non-hydrogen) atoms. The third-order valence-electron chi connectivity index (χ3n) is 3.48. The van der Waals surface area contributed by atoms with Crippen LogP contribution in [0.2, 0.25) is 0 Å². The van der Waals surface area contributed by atoms with E-state index in [1.54, 1.807) is 25.1 Å². The second-order valence-electron chi connectivity index (χ2n) is 5.23. The summed E-state index contributed by atoms with van der Waals surface area (Å²) in [7, 11) is 0. The van der Waals surface area contributed by atoms with Crippen LogP contribution in [0.25, 0.3) is 0 Å². The second kappa shape index (κ2) is 7.06. The van der Waals surface area contributed by atoms with Crippen molar-refractivity contribution in [1.29, 1.82) is 0 Å². The van der Waals surface area contributed by atoms with Crippen LogP contribution in [0.4, 0.5) is 5.69 Å². The molecular formula is C16H20N2O4. The SMILES string of the molecule is CCCCNC(=O)CN1C(=O)C(C)Oc2ccc(C=O)cc21. The lowest BCUT2D eigenvalue weighted by Crippen LogP contribution is -2.48. The van der Waals surface area contributed by atoms with E-state index in [-0.39, 0.29) is 18.4 Å². The number of aldehydes is 1. The highest BCUT2D eigenvalue weighted by molar-refractivity contribution is 6.04. The summed E-state index contributed by atoms with van der Waals surface area (Å²) in [6, 6.07) is 4.82. The van der Waals surface area contributed by atoms with Gasteiger partial charge in [-0.1, -0.05) is 13.3 Å². The molecule has 1 heterocycles. The number of unbranched alkanes of at least 4 members (excludes halogenated alkanes) is 1. The van der Waals surface area contributed by atoms with Crippen molar-refractivity contribution >= 4 is 23.8 Å². The van der Waals surface area contributed by atoms with E-state index in [2.05, 4.69) is 5.32 Å². The third-order valence-corrected chi connectivity index (χ3v) is 3.48. The van der Waals surface area contributed by atoms with Gasteiger partial charge in [0.1, 0.15) is 18.6 Å². The molecule has 1 N–H and O–H groups in total. The Morgan fingerprint density at radius 3 is 2.91 bits per heavy atom. The number of benzene rings is 1. The standard InChI is InChI=1S/C16H20N2O4/c1-3-4-7-17-15(20)9-18-13-8-12(10-19)5-6-14(13)22-11(2)16(18)21/h5-6,8,10-11H,3-4,7,9H2,1-2H3,(H,17,20). The van der Waals surface area contributed by atoms with Crippen LogP contribution in [0, 0.1) is 0 Å². The highest BCUT2D eigenvalue weighted by atomic mass is 16.5. The van der Waals surface area contributed by atoms with Crippen molar-refractivity contribution in [3.63, 3.8) is 0 Å². The van der Waals surface area contributed by atoms with Gasteiger partial charge in [0, 0.05) is 12.1 Å². The fourth-order valence-corrected chi connectivity index (χ4v) is 2.26. The van der Waals surface area contributed by atoms with Crippen molar-refractivity contribution in [1.82, 2.24) is 5.32 Å². The Bertz CT molecular complexity index is 586. The van der Waals surface area contributed by atoms with Gasteiger partial charge in [0.05, 0.1) is 5.69 Å². The van der Waals surface area contributed by atoms with E-state index in [1.807, 2.05) is 6.92 Å². The van der Waals surface area contributed by atoms with Gasteiger partial charge in [0.15, 0.2) is 6.10 Å². The molecule has 1 atom stereocenters. The number of hydrogen-bond donors (Lipinski definition) is 1. The number of carbonyl (C=O) groups is 3. The molecule has 1 aromatic rings. The highest BCUT2D eigenvalue weighted by Gasteiger charge is 2.32. The molecule has 6 nitrogen and oxygen atoms in total. The number of nitrogens with zero attached hydrogens (tertiary/aromatic N) is 1. The highest BCUT2D eigenvalue weighted by Crippen LogP contribution is 2.34. The molecule has 2 amide bonds. The maximum Gasteiger partial charge on any atom is 0.268 e. The van der Waals surface area contributed by atoms with Crippen LogP contribution >= 0.6 is 0 Å². The number of fused-ring (bicyclic) bond motifs is 1. The van der Waals surface area contributed by atoms with Gasteiger partial charge < -0.3 is 10.1 Å². The van der Waals surface area contributed by atoms with Crippen molar-refractivity contribution in [2.75, 3.05) is 18.0 Å². The van der Waals surface area contributed by atoms with Gasteiger partial charge in [-0.15, -0.1) is 0 Å². The fourth-order valence-electron chi connectivity index (χ4n) is 2.26. The van der Waals surface area contributed by atoms with Crippen molar-refractivity contribution in [3.8, 4) is 5.75 Å². The maximum absolute atomic E-state index is 12.3. The molecule has 1 aliphatic rings. The second-order valence-corrected chi connectivity index (χ2v) is 5.23. The number of amides is 2. The first kappa shape index (κ1) is 16.0. The Labute approximate surface area is 129 Å². The molecule has 0 aromatic heterocycles. The van der Waals surface area contributed by atoms with Gasteiger partial charge in [-0.2, -0.15) is 0 Å². The number of ether oxygens (including phenoxy) is 1. The lowest BCUT2D eigenvalue weighted by atomic mass is 10.1. The number of carbonyl (C=O) groups excluding carboxylic acids is 3. The van der Waals surface area contributed by atoms with Crippen molar-refractivity contribution in [2.24, 2.45) is 0 Å². The normalized spacial score (nSPS) is 16.7. The molecule has 0 fully saturated rings. The van der Waals surface area contributed by atoms with Crippen LogP contribution < -0.4 is 15.0 Å². The minimum Gasteiger partial charge on any atom is -0.479 e. The Morgan fingerprint density at radius 2 is 2.23 bits per heavy atom. The number of nitrogens with one attached hydrogen (secondary N) is 1. The summed E-state index contributed by atoms with van der Waals surface area (Å²) in [6.45, 7) is 4.19. The molecule has 118 valence electrons. The first-order chi connectivity index (χ1) is 10.6. The Morgan fingerprint density at radius 1 is 1.45 bits per heavy atom. The van der Waals surface area contributed by atoms with E-state index < -0.39 is 6.10 Å². The van der Waals surface area contributed by atoms with Crippen molar-refractivity contribution < 1.29 is 19.1 Å². The summed E-state index contributed by atoms with van der Waals surface area (Å²) in [6.07, 6.45) is 1.92. The fraction of sp³-hybridized carbons (Fsp3) is 0.438. The molecule has 2 rings (SSSR count). The predicted molar refractivity (Wildman–Crippen MR) is 82.2 cm³/mol.